The van der Waals surface area contributed by atoms with Crippen molar-refractivity contribution in [1.29, 1.82) is 0 Å². The van der Waals surface area contributed by atoms with Crippen LogP contribution in [0.4, 0.5) is 0 Å². The molecular formula is C46H31NS. The zero-order chi connectivity index (χ0) is 31.8. The third-order valence-corrected chi connectivity index (χ3v) is 11.2. The molecule has 0 saturated heterocycles. The smallest absolute Gasteiger partial charge is 0.0619 e. The van der Waals surface area contributed by atoms with E-state index in [-0.39, 0.29) is 5.92 Å². The van der Waals surface area contributed by atoms with E-state index in [4.69, 9.17) is 0 Å². The number of aromatic nitrogens is 1. The largest absolute Gasteiger partial charge is 0.309 e. The molecule has 0 amide bonds. The highest BCUT2D eigenvalue weighted by Crippen LogP contribution is 2.49. The monoisotopic (exact) mass is 629 g/mol. The van der Waals surface area contributed by atoms with Crippen LogP contribution in [0.15, 0.2) is 161 Å². The number of hydrogen-bond donors (Lipinski definition) is 0. The van der Waals surface area contributed by atoms with Gasteiger partial charge in [-0.15, -0.1) is 0 Å². The number of para-hydroxylation sites is 1. The maximum absolute atomic E-state index is 2.47. The molecule has 8 aromatic rings. The molecule has 0 fully saturated rings. The third-order valence-electron chi connectivity index (χ3n) is 10.0. The topological polar surface area (TPSA) is 4.93 Å². The Morgan fingerprint density at radius 1 is 0.542 bits per heavy atom. The lowest BCUT2D eigenvalue weighted by Crippen LogP contribution is -2.28. The molecule has 0 unspecified atom stereocenters. The predicted molar refractivity (Wildman–Crippen MR) is 205 cm³/mol. The molecule has 226 valence electrons. The molecule has 1 aliphatic carbocycles. The molecule has 1 aromatic heterocycles. The molecule has 7 aromatic carbocycles. The predicted octanol–water partition coefficient (Wildman–Crippen LogP) is 11.0. The minimum absolute atomic E-state index is 0.264. The van der Waals surface area contributed by atoms with E-state index in [1.807, 2.05) is 11.8 Å². The van der Waals surface area contributed by atoms with Gasteiger partial charge in [-0.25, -0.2) is 0 Å². The molecule has 2 aliphatic rings. The van der Waals surface area contributed by atoms with Crippen LogP contribution in [0.2, 0.25) is 0 Å². The SMILES string of the molecule is C[C@@H]1C=C(c2cccc(-c3ccc4c5c(cccc35)-c3ccccc3S4)c2)C=c2c(c3ccc4ccccc4c3n2-c2ccccc2)=C1. The van der Waals surface area contributed by atoms with Crippen molar-refractivity contribution < 1.29 is 0 Å². The van der Waals surface area contributed by atoms with Crippen molar-refractivity contribution in [1.82, 2.24) is 4.57 Å². The summed E-state index contributed by atoms with van der Waals surface area (Å²) in [5.74, 6) is 0.264. The van der Waals surface area contributed by atoms with E-state index in [2.05, 4.69) is 175 Å². The van der Waals surface area contributed by atoms with Gasteiger partial charge in [-0.1, -0.05) is 146 Å². The van der Waals surface area contributed by atoms with Crippen LogP contribution in [0.5, 0.6) is 0 Å². The highest BCUT2D eigenvalue weighted by Gasteiger charge is 2.21. The Bertz CT molecular complexity index is 2760. The van der Waals surface area contributed by atoms with Crippen LogP contribution in [-0.2, 0) is 0 Å². The van der Waals surface area contributed by atoms with Gasteiger partial charge in [0.15, 0.2) is 0 Å². The number of allylic oxidation sites excluding steroid dienone is 2. The molecule has 0 N–H and O–H groups in total. The van der Waals surface area contributed by atoms with E-state index in [0.29, 0.717) is 0 Å². The fourth-order valence-corrected chi connectivity index (χ4v) is 9.05. The second-order valence-electron chi connectivity index (χ2n) is 13.0. The average Bonchev–Trinajstić information content (AvgIpc) is 3.33. The molecule has 1 atom stereocenters. The van der Waals surface area contributed by atoms with E-state index < -0.39 is 0 Å². The normalized spacial score (nSPS) is 14.9. The summed E-state index contributed by atoms with van der Waals surface area (Å²) in [6.07, 6.45) is 7.29. The number of benzene rings is 7. The molecule has 0 bridgehead atoms. The Morgan fingerprint density at radius 2 is 1.31 bits per heavy atom. The zero-order valence-corrected chi connectivity index (χ0v) is 27.3. The van der Waals surface area contributed by atoms with Crippen molar-refractivity contribution in [3.8, 4) is 27.9 Å². The Hall–Kier alpha value is -5.57. The third kappa shape index (κ3) is 4.19. The van der Waals surface area contributed by atoms with Crippen molar-refractivity contribution in [3.05, 3.63) is 168 Å². The Morgan fingerprint density at radius 3 is 2.25 bits per heavy atom. The summed E-state index contributed by atoms with van der Waals surface area (Å²) in [5.41, 5.74) is 10.1. The van der Waals surface area contributed by atoms with Crippen LogP contribution in [0, 0.1) is 5.92 Å². The zero-order valence-electron chi connectivity index (χ0n) is 26.5. The molecule has 1 aliphatic heterocycles. The van der Waals surface area contributed by atoms with Crippen LogP contribution in [-0.4, -0.2) is 4.57 Å². The van der Waals surface area contributed by atoms with Crippen molar-refractivity contribution in [2.24, 2.45) is 5.92 Å². The highest BCUT2D eigenvalue weighted by atomic mass is 32.2. The van der Waals surface area contributed by atoms with Gasteiger partial charge in [0.2, 0.25) is 0 Å². The van der Waals surface area contributed by atoms with E-state index >= 15 is 0 Å². The van der Waals surface area contributed by atoms with Crippen LogP contribution in [0.1, 0.15) is 12.5 Å². The number of rotatable bonds is 3. The summed E-state index contributed by atoms with van der Waals surface area (Å²) < 4.78 is 2.47. The molecule has 0 saturated carbocycles. The number of fused-ring (bicyclic) bond motifs is 7. The maximum Gasteiger partial charge on any atom is 0.0619 e. The van der Waals surface area contributed by atoms with Gasteiger partial charge in [0.1, 0.15) is 0 Å². The van der Waals surface area contributed by atoms with Gasteiger partial charge < -0.3 is 4.57 Å². The van der Waals surface area contributed by atoms with E-state index in [0.717, 1.165) is 0 Å². The molecule has 2 heterocycles. The fraction of sp³-hybridized carbons (Fsp3) is 0.0435. The highest BCUT2D eigenvalue weighted by molar-refractivity contribution is 7.99. The molecule has 48 heavy (non-hydrogen) atoms. The summed E-state index contributed by atoms with van der Waals surface area (Å²) in [5, 5.41) is 9.02. The van der Waals surface area contributed by atoms with Gasteiger partial charge >= 0.3 is 0 Å². The first-order valence-corrected chi connectivity index (χ1v) is 17.5. The molecular weight excluding hydrogens is 599 g/mol. The molecule has 10 rings (SSSR count). The number of hydrogen-bond acceptors (Lipinski definition) is 1. The standard InChI is InChI=1S/C46H31NS/c1-29-25-33(28-42-41(26-29)40-22-21-30-11-5-6-16-36(30)46(40)47(42)34-14-3-2-4-15-34)31-12-9-13-32(27-31)35-23-24-44-45-38(35)18-10-19-39(45)37-17-7-8-20-43(37)48-44/h2-29H,1H3/t29-/m1/s1. The summed E-state index contributed by atoms with van der Waals surface area (Å²) >= 11 is 1.88. The average molecular weight is 630 g/mol. The summed E-state index contributed by atoms with van der Waals surface area (Å²) in [7, 11) is 0. The lowest BCUT2D eigenvalue weighted by molar-refractivity contribution is 0.999. The second-order valence-corrected chi connectivity index (χ2v) is 14.0. The first-order valence-electron chi connectivity index (χ1n) is 16.7. The van der Waals surface area contributed by atoms with Gasteiger partial charge in [0, 0.05) is 36.9 Å². The van der Waals surface area contributed by atoms with Crippen LogP contribution in [0.3, 0.4) is 0 Å². The first-order chi connectivity index (χ1) is 23.7. The fourth-order valence-electron chi connectivity index (χ4n) is 7.92. The van der Waals surface area contributed by atoms with Crippen molar-refractivity contribution >= 4 is 61.9 Å². The van der Waals surface area contributed by atoms with Crippen molar-refractivity contribution in [2.75, 3.05) is 0 Å². The Balaban J connectivity index is 1.19. The van der Waals surface area contributed by atoms with Gasteiger partial charge in [-0.05, 0) is 86.5 Å². The summed E-state index contributed by atoms with van der Waals surface area (Å²) in [6.45, 7) is 2.31. The number of nitrogens with zero attached hydrogens (tertiary/aromatic N) is 1. The van der Waals surface area contributed by atoms with Crippen LogP contribution >= 0.6 is 11.8 Å². The van der Waals surface area contributed by atoms with Gasteiger partial charge in [-0.3, -0.25) is 0 Å². The second kappa shape index (κ2) is 10.7. The van der Waals surface area contributed by atoms with Crippen molar-refractivity contribution in [2.45, 2.75) is 16.7 Å². The molecule has 2 heteroatoms. The van der Waals surface area contributed by atoms with Gasteiger partial charge in [0.25, 0.3) is 0 Å². The Labute approximate surface area is 283 Å². The summed E-state index contributed by atoms with van der Waals surface area (Å²) in [6, 6.07) is 53.5. The molecule has 0 radical (unpaired) electrons. The molecule has 0 spiro atoms. The lowest BCUT2D eigenvalue weighted by atomic mass is 9.91. The maximum atomic E-state index is 2.47. The minimum atomic E-state index is 0.264. The van der Waals surface area contributed by atoms with E-state index in [9.17, 15) is 0 Å². The molecule has 1 nitrogen and oxygen atoms in total. The van der Waals surface area contributed by atoms with Gasteiger partial charge in [-0.2, -0.15) is 0 Å². The van der Waals surface area contributed by atoms with Crippen LogP contribution < -0.4 is 10.6 Å². The van der Waals surface area contributed by atoms with Gasteiger partial charge in [0.05, 0.1) is 10.9 Å². The quantitative estimate of drug-likeness (QED) is 0.188. The van der Waals surface area contributed by atoms with E-state index in [1.165, 1.54) is 91.9 Å². The summed E-state index contributed by atoms with van der Waals surface area (Å²) in [4.78, 5) is 2.66. The Kier molecular flexibility index (Phi) is 6.16. The minimum Gasteiger partial charge on any atom is -0.309 e. The van der Waals surface area contributed by atoms with Crippen LogP contribution in [0.25, 0.3) is 78.1 Å². The van der Waals surface area contributed by atoms with Crippen molar-refractivity contribution in [3.63, 3.8) is 0 Å². The lowest BCUT2D eigenvalue weighted by Gasteiger charge is -2.21. The van der Waals surface area contributed by atoms with E-state index in [1.54, 1.807) is 0 Å². The first kappa shape index (κ1) is 27.5.